The molecule has 0 aliphatic carbocycles. The molecule has 2 aliphatic rings. The van der Waals surface area contributed by atoms with Gasteiger partial charge in [0.05, 0.1) is 0 Å². The highest BCUT2D eigenvalue weighted by Gasteiger charge is 2.21. The highest BCUT2D eigenvalue weighted by molar-refractivity contribution is 7.80. The minimum atomic E-state index is 0.504. The SMILES string of the molecule is S=C(NCc1cccnc1)Nc1nc(N2CCCCC2)cc(N2CCc3ccccc3C2)n1. The number of thiocarbonyl (C=S) groups is 1. The second kappa shape index (κ2) is 10.1. The van der Waals surface area contributed by atoms with E-state index < -0.39 is 0 Å². The molecule has 1 fully saturated rings. The number of aromatic nitrogens is 3. The number of piperidine rings is 1. The fourth-order valence-corrected chi connectivity index (χ4v) is 4.61. The lowest BCUT2D eigenvalue weighted by molar-refractivity contribution is 0.573. The molecule has 1 aromatic carbocycles. The number of nitrogens with zero attached hydrogens (tertiary/aromatic N) is 5. The Morgan fingerprint density at radius 2 is 1.70 bits per heavy atom. The molecule has 1 saturated heterocycles. The van der Waals surface area contributed by atoms with Crippen LogP contribution < -0.4 is 20.4 Å². The Hall–Kier alpha value is -3.26. The highest BCUT2D eigenvalue weighted by Crippen LogP contribution is 2.28. The molecule has 7 nitrogen and oxygen atoms in total. The lowest BCUT2D eigenvalue weighted by Crippen LogP contribution is -2.34. The predicted molar refractivity (Wildman–Crippen MR) is 137 cm³/mol. The molecule has 2 aliphatic heterocycles. The van der Waals surface area contributed by atoms with Gasteiger partial charge in [0.1, 0.15) is 11.6 Å². The van der Waals surface area contributed by atoms with E-state index in [2.05, 4.69) is 55.7 Å². The molecule has 0 spiro atoms. The lowest BCUT2D eigenvalue weighted by Gasteiger charge is -2.32. The van der Waals surface area contributed by atoms with Gasteiger partial charge in [0.25, 0.3) is 0 Å². The van der Waals surface area contributed by atoms with Gasteiger partial charge in [-0.05, 0) is 60.7 Å². The second-order valence-electron chi connectivity index (χ2n) is 8.56. The molecule has 0 amide bonds. The van der Waals surface area contributed by atoms with Gasteiger partial charge in [-0.2, -0.15) is 9.97 Å². The van der Waals surface area contributed by atoms with E-state index in [0.29, 0.717) is 17.6 Å². The van der Waals surface area contributed by atoms with Gasteiger partial charge in [-0.15, -0.1) is 0 Å². The predicted octanol–water partition coefficient (Wildman–Crippen LogP) is 3.91. The highest BCUT2D eigenvalue weighted by atomic mass is 32.1. The van der Waals surface area contributed by atoms with Crippen LogP contribution in [0.2, 0.25) is 0 Å². The molecule has 0 saturated carbocycles. The van der Waals surface area contributed by atoms with E-state index in [1.54, 1.807) is 6.20 Å². The van der Waals surface area contributed by atoms with Crippen LogP contribution in [0.1, 0.15) is 36.0 Å². The monoisotopic (exact) mass is 459 g/mol. The first kappa shape index (κ1) is 21.6. The van der Waals surface area contributed by atoms with Crippen molar-refractivity contribution in [1.29, 1.82) is 0 Å². The minimum absolute atomic E-state index is 0.504. The average molecular weight is 460 g/mol. The number of hydrogen-bond donors (Lipinski definition) is 2. The van der Waals surface area contributed by atoms with E-state index >= 15 is 0 Å². The van der Waals surface area contributed by atoms with Crippen molar-refractivity contribution >= 4 is 34.9 Å². The lowest BCUT2D eigenvalue weighted by atomic mass is 10.00. The molecule has 2 aromatic heterocycles. The summed E-state index contributed by atoms with van der Waals surface area (Å²) in [5.74, 6) is 2.45. The number of anilines is 3. The fourth-order valence-electron chi connectivity index (χ4n) is 4.45. The Bertz CT molecular complexity index is 1100. The van der Waals surface area contributed by atoms with Crippen LogP contribution in [0.3, 0.4) is 0 Å². The summed E-state index contributed by atoms with van der Waals surface area (Å²) in [5.41, 5.74) is 3.86. The summed E-state index contributed by atoms with van der Waals surface area (Å²) >= 11 is 5.54. The quantitative estimate of drug-likeness (QED) is 0.557. The summed E-state index contributed by atoms with van der Waals surface area (Å²) in [5, 5.41) is 6.95. The summed E-state index contributed by atoms with van der Waals surface area (Å²) in [7, 11) is 0. The van der Waals surface area contributed by atoms with Crippen LogP contribution in [-0.4, -0.2) is 39.7 Å². The van der Waals surface area contributed by atoms with E-state index in [1.807, 2.05) is 18.3 Å². The van der Waals surface area contributed by atoms with Crippen LogP contribution in [0.15, 0.2) is 54.9 Å². The first-order valence-electron chi connectivity index (χ1n) is 11.6. The molecule has 8 heteroatoms. The maximum atomic E-state index is 5.54. The molecule has 0 radical (unpaired) electrons. The van der Waals surface area contributed by atoms with Crippen molar-refractivity contribution in [3.8, 4) is 0 Å². The van der Waals surface area contributed by atoms with Crippen LogP contribution in [0, 0.1) is 0 Å². The number of hydrogen-bond acceptors (Lipinski definition) is 6. The van der Waals surface area contributed by atoms with Crippen molar-refractivity contribution in [3.05, 3.63) is 71.5 Å². The van der Waals surface area contributed by atoms with Gasteiger partial charge < -0.3 is 20.4 Å². The molecule has 5 rings (SSSR count). The molecule has 0 bridgehead atoms. The number of pyridine rings is 1. The smallest absolute Gasteiger partial charge is 0.232 e. The van der Waals surface area contributed by atoms with E-state index in [0.717, 1.165) is 49.8 Å². The average Bonchev–Trinajstić information content (AvgIpc) is 2.88. The maximum Gasteiger partial charge on any atom is 0.232 e. The molecule has 170 valence electrons. The van der Waals surface area contributed by atoms with E-state index in [1.165, 1.54) is 30.4 Å². The van der Waals surface area contributed by atoms with Gasteiger partial charge >= 0.3 is 0 Å². The molecule has 4 heterocycles. The van der Waals surface area contributed by atoms with Crippen molar-refractivity contribution in [1.82, 2.24) is 20.3 Å². The third kappa shape index (κ3) is 5.39. The third-order valence-electron chi connectivity index (χ3n) is 6.24. The molecular weight excluding hydrogens is 430 g/mol. The van der Waals surface area contributed by atoms with Crippen LogP contribution in [0.4, 0.5) is 17.6 Å². The van der Waals surface area contributed by atoms with Gasteiger partial charge in [0.2, 0.25) is 5.95 Å². The maximum absolute atomic E-state index is 5.54. The van der Waals surface area contributed by atoms with Gasteiger partial charge in [-0.3, -0.25) is 4.98 Å². The van der Waals surface area contributed by atoms with E-state index in [4.69, 9.17) is 22.2 Å². The van der Waals surface area contributed by atoms with E-state index in [9.17, 15) is 0 Å². The van der Waals surface area contributed by atoms with Crippen molar-refractivity contribution in [3.63, 3.8) is 0 Å². The van der Waals surface area contributed by atoms with Gasteiger partial charge in [-0.1, -0.05) is 30.3 Å². The van der Waals surface area contributed by atoms with Gasteiger partial charge in [-0.25, -0.2) is 0 Å². The Morgan fingerprint density at radius 3 is 2.48 bits per heavy atom. The Morgan fingerprint density at radius 1 is 0.909 bits per heavy atom. The number of rotatable bonds is 5. The van der Waals surface area contributed by atoms with Crippen molar-refractivity contribution in [2.75, 3.05) is 34.8 Å². The van der Waals surface area contributed by atoms with Gasteiger partial charge in [0.15, 0.2) is 5.11 Å². The Kier molecular flexibility index (Phi) is 6.62. The molecular formula is C25H29N7S. The minimum Gasteiger partial charge on any atom is -0.358 e. The number of nitrogens with one attached hydrogen (secondary N) is 2. The number of benzene rings is 1. The molecule has 0 atom stereocenters. The number of fused-ring (bicyclic) bond motifs is 1. The third-order valence-corrected chi connectivity index (χ3v) is 6.48. The zero-order valence-electron chi connectivity index (χ0n) is 18.7. The summed E-state index contributed by atoms with van der Waals surface area (Å²) in [6.45, 7) is 4.46. The van der Waals surface area contributed by atoms with Crippen LogP contribution in [0.25, 0.3) is 0 Å². The molecule has 33 heavy (non-hydrogen) atoms. The van der Waals surface area contributed by atoms with Crippen LogP contribution >= 0.6 is 12.2 Å². The summed E-state index contributed by atoms with van der Waals surface area (Å²) < 4.78 is 0. The largest absolute Gasteiger partial charge is 0.358 e. The first-order valence-corrected chi connectivity index (χ1v) is 12.0. The van der Waals surface area contributed by atoms with Crippen molar-refractivity contribution in [2.24, 2.45) is 0 Å². The zero-order valence-corrected chi connectivity index (χ0v) is 19.5. The summed E-state index contributed by atoms with van der Waals surface area (Å²) in [4.78, 5) is 18.5. The first-order chi connectivity index (χ1) is 16.2. The summed E-state index contributed by atoms with van der Waals surface area (Å²) in [6.07, 6.45) is 8.29. The van der Waals surface area contributed by atoms with Gasteiger partial charge in [0, 0.05) is 51.2 Å². The zero-order chi connectivity index (χ0) is 22.5. The van der Waals surface area contributed by atoms with Crippen LogP contribution in [-0.2, 0) is 19.5 Å². The topological polar surface area (TPSA) is 69.2 Å². The molecule has 3 aromatic rings. The van der Waals surface area contributed by atoms with Crippen LogP contribution in [0.5, 0.6) is 0 Å². The molecule has 2 N–H and O–H groups in total. The Balaban J connectivity index is 1.35. The van der Waals surface area contributed by atoms with Crippen molar-refractivity contribution < 1.29 is 0 Å². The second-order valence-corrected chi connectivity index (χ2v) is 8.97. The van der Waals surface area contributed by atoms with Crippen molar-refractivity contribution in [2.45, 2.75) is 38.8 Å². The van der Waals surface area contributed by atoms with E-state index in [-0.39, 0.29) is 0 Å². The standard InChI is InChI=1S/C25H29N7S/c33-25(27-17-19-7-6-11-26-16-19)30-24-28-22(31-12-4-1-5-13-31)15-23(29-24)32-14-10-20-8-2-3-9-21(20)18-32/h2-3,6-9,11,15-16H,1,4-5,10,12-14,17-18H2,(H2,27,28,29,30,33). The normalized spacial score (nSPS) is 15.6. The Labute approximate surface area is 200 Å². The summed E-state index contributed by atoms with van der Waals surface area (Å²) in [6, 6.07) is 14.7. The molecule has 0 unspecified atom stereocenters. The fraction of sp³-hybridized carbons (Fsp3) is 0.360.